The standard InChI is InChI=1S/C23H20Cl2N2O2S2/c24-14-5-9-16(10-6-14)26-22(29)21-18-3-1-2-4-19(18)31-23(21)27-20(28)13-30-17-11-7-15(25)8-12-17/h5-12H,1-4,13H2,(H,26,29)(H,27,28). The van der Waals surface area contributed by atoms with E-state index in [-0.39, 0.29) is 17.6 Å². The molecule has 0 fully saturated rings. The largest absolute Gasteiger partial charge is 0.322 e. The number of thiophene rings is 1. The van der Waals surface area contributed by atoms with E-state index >= 15 is 0 Å². The number of amides is 2. The fourth-order valence-electron chi connectivity index (χ4n) is 3.46. The predicted molar refractivity (Wildman–Crippen MR) is 131 cm³/mol. The van der Waals surface area contributed by atoms with Crippen molar-refractivity contribution in [2.75, 3.05) is 16.4 Å². The Hall–Kier alpha value is -1.99. The van der Waals surface area contributed by atoms with Crippen molar-refractivity contribution in [3.63, 3.8) is 0 Å². The Kier molecular flexibility index (Phi) is 7.23. The van der Waals surface area contributed by atoms with Crippen LogP contribution in [0.25, 0.3) is 0 Å². The maximum absolute atomic E-state index is 13.1. The van der Waals surface area contributed by atoms with Crippen molar-refractivity contribution in [1.82, 2.24) is 0 Å². The highest BCUT2D eigenvalue weighted by molar-refractivity contribution is 8.00. The lowest BCUT2D eigenvalue weighted by molar-refractivity contribution is -0.113. The van der Waals surface area contributed by atoms with Gasteiger partial charge in [-0.2, -0.15) is 0 Å². The molecule has 0 radical (unpaired) electrons. The fraction of sp³-hybridized carbons (Fsp3) is 0.217. The summed E-state index contributed by atoms with van der Waals surface area (Å²) in [5.41, 5.74) is 2.31. The summed E-state index contributed by atoms with van der Waals surface area (Å²) < 4.78 is 0. The van der Waals surface area contributed by atoms with E-state index in [4.69, 9.17) is 23.2 Å². The first-order chi connectivity index (χ1) is 15.0. The zero-order valence-corrected chi connectivity index (χ0v) is 19.7. The molecular formula is C23H20Cl2N2O2S2. The topological polar surface area (TPSA) is 58.2 Å². The lowest BCUT2D eigenvalue weighted by Gasteiger charge is -2.13. The van der Waals surface area contributed by atoms with Crippen LogP contribution in [0.2, 0.25) is 10.0 Å². The van der Waals surface area contributed by atoms with E-state index in [0.717, 1.165) is 36.1 Å². The molecule has 1 aliphatic rings. The number of thioether (sulfide) groups is 1. The van der Waals surface area contributed by atoms with Crippen LogP contribution in [-0.4, -0.2) is 17.6 Å². The molecular weight excluding hydrogens is 471 g/mol. The Morgan fingerprint density at radius 3 is 2.26 bits per heavy atom. The molecule has 2 amide bonds. The average Bonchev–Trinajstić information content (AvgIpc) is 3.12. The van der Waals surface area contributed by atoms with Crippen molar-refractivity contribution in [2.24, 2.45) is 0 Å². The number of nitrogens with one attached hydrogen (secondary N) is 2. The normalized spacial score (nSPS) is 12.8. The highest BCUT2D eigenvalue weighted by Crippen LogP contribution is 2.38. The van der Waals surface area contributed by atoms with Gasteiger partial charge < -0.3 is 10.6 Å². The second-order valence-electron chi connectivity index (χ2n) is 7.17. The Labute approximate surface area is 199 Å². The van der Waals surface area contributed by atoms with Crippen molar-refractivity contribution in [1.29, 1.82) is 0 Å². The quantitative estimate of drug-likeness (QED) is 0.368. The average molecular weight is 491 g/mol. The molecule has 1 aliphatic carbocycles. The first kappa shape index (κ1) is 22.2. The van der Waals surface area contributed by atoms with E-state index in [9.17, 15) is 9.59 Å². The Bertz CT molecular complexity index is 1100. The summed E-state index contributed by atoms with van der Waals surface area (Å²) in [6.45, 7) is 0. The number of benzene rings is 2. The van der Waals surface area contributed by atoms with Gasteiger partial charge in [0, 0.05) is 25.5 Å². The van der Waals surface area contributed by atoms with Gasteiger partial charge in [0.1, 0.15) is 5.00 Å². The molecule has 0 atom stereocenters. The predicted octanol–water partition coefficient (Wildman–Crippen LogP) is 6.92. The van der Waals surface area contributed by atoms with E-state index in [2.05, 4.69) is 10.6 Å². The second-order valence-corrected chi connectivity index (χ2v) is 10.2. The number of fused-ring (bicyclic) bond motifs is 1. The zero-order valence-electron chi connectivity index (χ0n) is 16.5. The van der Waals surface area contributed by atoms with Crippen molar-refractivity contribution >= 4 is 68.8 Å². The van der Waals surface area contributed by atoms with Crippen LogP contribution < -0.4 is 10.6 Å². The first-order valence-electron chi connectivity index (χ1n) is 9.89. The molecule has 3 aromatic rings. The first-order valence-corrected chi connectivity index (χ1v) is 12.4. The van der Waals surface area contributed by atoms with Crippen LogP contribution in [0.4, 0.5) is 10.7 Å². The summed E-state index contributed by atoms with van der Waals surface area (Å²) in [5, 5.41) is 7.81. The summed E-state index contributed by atoms with van der Waals surface area (Å²) in [7, 11) is 0. The Morgan fingerprint density at radius 2 is 1.55 bits per heavy atom. The second kappa shape index (κ2) is 10.1. The summed E-state index contributed by atoms with van der Waals surface area (Å²) in [6.07, 6.45) is 3.94. The molecule has 1 aromatic heterocycles. The number of halogens is 2. The Balaban J connectivity index is 1.50. The molecule has 1 heterocycles. The molecule has 0 saturated heterocycles. The van der Waals surface area contributed by atoms with Crippen molar-refractivity contribution in [3.05, 3.63) is 74.6 Å². The van der Waals surface area contributed by atoms with Crippen molar-refractivity contribution in [3.8, 4) is 0 Å². The van der Waals surface area contributed by atoms with Gasteiger partial charge >= 0.3 is 0 Å². The molecule has 8 heteroatoms. The maximum Gasteiger partial charge on any atom is 0.258 e. The number of hydrogen-bond acceptors (Lipinski definition) is 4. The number of carbonyl (C=O) groups excluding carboxylic acids is 2. The minimum atomic E-state index is -0.206. The summed E-state index contributed by atoms with van der Waals surface area (Å²) in [4.78, 5) is 27.9. The van der Waals surface area contributed by atoms with Gasteiger partial charge in [0.15, 0.2) is 0 Å². The molecule has 0 aliphatic heterocycles. The minimum absolute atomic E-state index is 0.140. The molecule has 0 unspecified atom stereocenters. The van der Waals surface area contributed by atoms with Gasteiger partial charge in [-0.3, -0.25) is 9.59 Å². The number of anilines is 2. The van der Waals surface area contributed by atoms with Crippen LogP contribution in [0.5, 0.6) is 0 Å². The smallest absolute Gasteiger partial charge is 0.258 e. The molecule has 0 saturated carbocycles. The molecule has 2 N–H and O–H groups in total. The highest BCUT2D eigenvalue weighted by atomic mass is 35.5. The SMILES string of the molecule is O=C(CSc1ccc(Cl)cc1)Nc1sc2c(c1C(=O)Nc1ccc(Cl)cc1)CCCC2. The van der Waals surface area contributed by atoms with Gasteiger partial charge in [-0.1, -0.05) is 23.2 Å². The summed E-state index contributed by atoms with van der Waals surface area (Å²) >= 11 is 14.8. The minimum Gasteiger partial charge on any atom is -0.322 e. The third-order valence-electron chi connectivity index (χ3n) is 4.94. The molecule has 0 spiro atoms. The third kappa shape index (κ3) is 5.63. The van der Waals surface area contributed by atoms with Crippen LogP contribution in [0.1, 0.15) is 33.6 Å². The number of carbonyl (C=O) groups is 2. The van der Waals surface area contributed by atoms with E-state index in [1.807, 2.05) is 12.1 Å². The monoisotopic (exact) mass is 490 g/mol. The maximum atomic E-state index is 13.1. The third-order valence-corrected chi connectivity index (χ3v) is 7.66. The van der Waals surface area contributed by atoms with E-state index in [1.54, 1.807) is 36.4 Å². The van der Waals surface area contributed by atoms with Gasteiger partial charge in [-0.15, -0.1) is 23.1 Å². The van der Waals surface area contributed by atoms with Gasteiger partial charge in [0.25, 0.3) is 5.91 Å². The van der Waals surface area contributed by atoms with Gasteiger partial charge in [0.2, 0.25) is 5.91 Å². The van der Waals surface area contributed by atoms with E-state index in [1.165, 1.54) is 28.0 Å². The van der Waals surface area contributed by atoms with Crippen LogP contribution >= 0.6 is 46.3 Å². The fourth-order valence-corrected chi connectivity index (χ4v) is 5.72. The highest BCUT2D eigenvalue weighted by Gasteiger charge is 2.26. The van der Waals surface area contributed by atoms with E-state index < -0.39 is 0 Å². The number of hydrogen-bond donors (Lipinski definition) is 2. The van der Waals surface area contributed by atoms with Crippen LogP contribution in [-0.2, 0) is 17.6 Å². The molecule has 4 nitrogen and oxygen atoms in total. The van der Waals surface area contributed by atoms with Crippen LogP contribution in [0, 0.1) is 0 Å². The zero-order chi connectivity index (χ0) is 21.8. The van der Waals surface area contributed by atoms with Crippen LogP contribution in [0.3, 0.4) is 0 Å². The van der Waals surface area contributed by atoms with E-state index in [0.29, 0.717) is 26.3 Å². The number of rotatable bonds is 6. The molecule has 31 heavy (non-hydrogen) atoms. The van der Waals surface area contributed by atoms with Crippen molar-refractivity contribution < 1.29 is 9.59 Å². The van der Waals surface area contributed by atoms with Crippen LogP contribution in [0.15, 0.2) is 53.4 Å². The Morgan fingerprint density at radius 1 is 0.903 bits per heavy atom. The van der Waals surface area contributed by atoms with Gasteiger partial charge in [0.05, 0.1) is 11.3 Å². The molecule has 160 valence electrons. The van der Waals surface area contributed by atoms with Gasteiger partial charge in [-0.05, 0) is 79.8 Å². The molecule has 4 rings (SSSR count). The summed E-state index contributed by atoms with van der Waals surface area (Å²) in [6, 6.07) is 14.4. The van der Waals surface area contributed by atoms with Crippen molar-refractivity contribution in [2.45, 2.75) is 30.6 Å². The molecule has 2 aromatic carbocycles. The lowest BCUT2D eigenvalue weighted by atomic mass is 9.95. The summed E-state index contributed by atoms with van der Waals surface area (Å²) in [5.74, 6) is -0.0934. The number of aryl methyl sites for hydroxylation is 1. The molecule has 0 bridgehead atoms. The lowest BCUT2D eigenvalue weighted by Crippen LogP contribution is -2.19. The van der Waals surface area contributed by atoms with Gasteiger partial charge in [-0.25, -0.2) is 0 Å².